The molecule has 0 saturated heterocycles. The minimum absolute atomic E-state index is 0.109. The van der Waals surface area contributed by atoms with Gasteiger partial charge in [0.2, 0.25) is 0 Å². The Hall–Kier alpha value is -2.01. The van der Waals surface area contributed by atoms with E-state index in [4.69, 9.17) is 9.47 Å². The van der Waals surface area contributed by atoms with Gasteiger partial charge in [-0.15, -0.1) is 0 Å². The number of ether oxygens (including phenoxy) is 2. The number of benzene rings is 2. The van der Waals surface area contributed by atoms with Gasteiger partial charge in [0.15, 0.2) is 0 Å². The van der Waals surface area contributed by atoms with Crippen LogP contribution < -0.4 is 14.8 Å². The van der Waals surface area contributed by atoms with Crippen molar-refractivity contribution in [3.05, 3.63) is 58.6 Å². The maximum Gasteiger partial charge on any atom is 0.251 e. The summed E-state index contributed by atoms with van der Waals surface area (Å²) in [4.78, 5) is 12.1. The first kappa shape index (κ1) is 18.3. The number of rotatable bonds is 6. The molecule has 0 spiro atoms. The Labute approximate surface area is 151 Å². The van der Waals surface area contributed by atoms with Crippen LogP contribution >= 0.6 is 15.9 Å². The second-order valence-electron chi connectivity index (χ2n) is 6.36. The molecule has 5 heteroatoms. The van der Waals surface area contributed by atoms with Crippen LogP contribution in [-0.2, 0) is 0 Å². The van der Waals surface area contributed by atoms with Crippen LogP contribution in [0.4, 0.5) is 0 Å². The van der Waals surface area contributed by atoms with Crippen molar-refractivity contribution in [2.24, 2.45) is 0 Å². The summed E-state index contributed by atoms with van der Waals surface area (Å²) in [5, 5.41) is 2.93. The maximum absolute atomic E-state index is 12.1. The summed E-state index contributed by atoms with van der Waals surface area (Å²) >= 11 is 3.45. The third-order valence-electron chi connectivity index (χ3n) is 3.04. The number of carbonyl (C=O) groups excluding carboxylic acids is 1. The molecule has 2 aromatic carbocycles. The molecule has 2 rings (SSSR count). The van der Waals surface area contributed by atoms with E-state index >= 15 is 0 Å². The molecule has 0 heterocycles. The van der Waals surface area contributed by atoms with E-state index in [1.807, 2.05) is 51.1 Å². The zero-order valence-corrected chi connectivity index (χ0v) is 15.7. The lowest BCUT2D eigenvalue weighted by molar-refractivity contribution is 0.0919. The molecule has 24 heavy (non-hydrogen) atoms. The first-order chi connectivity index (χ1) is 11.3. The van der Waals surface area contributed by atoms with Gasteiger partial charge in [-0.05, 0) is 67.0 Å². The van der Waals surface area contributed by atoms with Crippen molar-refractivity contribution in [1.82, 2.24) is 5.32 Å². The average molecular weight is 392 g/mol. The molecule has 0 aliphatic carbocycles. The fraction of sp³-hybridized carbons (Fsp3) is 0.316. The van der Waals surface area contributed by atoms with Gasteiger partial charge in [-0.3, -0.25) is 4.79 Å². The van der Waals surface area contributed by atoms with Crippen LogP contribution in [-0.4, -0.2) is 24.7 Å². The molecule has 0 atom stereocenters. The lowest BCUT2D eigenvalue weighted by atomic mass is 10.1. The highest BCUT2D eigenvalue weighted by atomic mass is 79.9. The van der Waals surface area contributed by atoms with Crippen molar-refractivity contribution < 1.29 is 14.3 Å². The van der Waals surface area contributed by atoms with E-state index in [1.165, 1.54) is 0 Å². The summed E-state index contributed by atoms with van der Waals surface area (Å²) in [5.74, 6) is 1.38. The van der Waals surface area contributed by atoms with Crippen LogP contribution in [0.5, 0.6) is 11.5 Å². The van der Waals surface area contributed by atoms with Crippen molar-refractivity contribution in [2.75, 3.05) is 13.2 Å². The van der Waals surface area contributed by atoms with Crippen LogP contribution in [0, 0.1) is 0 Å². The summed E-state index contributed by atoms with van der Waals surface area (Å²) in [7, 11) is 0. The molecule has 4 nitrogen and oxygen atoms in total. The Morgan fingerprint density at radius 3 is 2.33 bits per heavy atom. The quantitative estimate of drug-likeness (QED) is 0.740. The minimum atomic E-state index is -0.270. The van der Waals surface area contributed by atoms with Gasteiger partial charge in [0.05, 0.1) is 4.47 Å². The van der Waals surface area contributed by atoms with E-state index in [2.05, 4.69) is 21.2 Å². The molecule has 0 fully saturated rings. The number of hydrogen-bond donors (Lipinski definition) is 1. The second kappa shape index (κ2) is 8.20. The van der Waals surface area contributed by atoms with Gasteiger partial charge in [-0.25, -0.2) is 0 Å². The van der Waals surface area contributed by atoms with Crippen molar-refractivity contribution in [1.29, 1.82) is 0 Å². The van der Waals surface area contributed by atoms with Crippen molar-refractivity contribution in [3.8, 4) is 11.5 Å². The highest BCUT2D eigenvalue weighted by molar-refractivity contribution is 9.10. The van der Waals surface area contributed by atoms with Crippen LogP contribution in [0.15, 0.2) is 53.0 Å². The predicted octanol–water partition coefficient (Wildman–Crippen LogP) is 4.44. The van der Waals surface area contributed by atoms with Crippen molar-refractivity contribution in [2.45, 2.75) is 26.3 Å². The molecule has 128 valence electrons. The lowest BCUT2D eigenvalue weighted by Crippen LogP contribution is -2.40. The number of hydrogen-bond acceptors (Lipinski definition) is 3. The maximum atomic E-state index is 12.1. The number of halogens is 1. The molecule has 0 aliphatic heterocycles. The number of carbonyl (C=O) groups is 1. The van der Waals surface area contributed by atoms with E-state index in [0.717, 1.165) is 10.2 Å². The van der Waals surface area contributed by atoms with Gasteiger partial charge in [-0.2, -0.15) is 0 Å². The normalized spacial score (nSPS) is 11.0. The highest BCUT2D eigenvalue weighted by Crippen LogP contribution is 2.26. The minimum Gasteiger partial charge on any atom is -0.490 e. The fourth-order valence-corrected chi connectivity index (χ4v) is 2.49. The van der Waals surface area contributed by atoms with Crippen LogP contribution in [0.2, 0.25) is 0 Å². The molecule has 2 aromatic rings. The third-order valence-corrected chi connectivity index (χ3v) is 3.66. The van der Waals surface area contributed by atoms with E-state index in [0.29, 0.717) is 24.5 Å². The summed E-state index contributed by atoms with van der Waals surface area (Å²) in [5.41, 5.74) is 0.317. The fourth-order valence-electron chi connectivity index (χ4n) is 2.00. The number of para-hydroxylation sites is 1. The molecule has 1 amide bonds. The Kier molecular flexibility index (Phi) is 6.26. The van der Waals surface area contributed by atoms with Gasteiger partial charge >= 0.3 is 0 Å². The van der Waals surface area contributed by atoms with Gasteiger partial charge in [0.1, 0.15) is 24.7 Å². The molecule has 0 bridgehead atoms. The summed E-state index contributed by atoms with van der Waals surface area (Å²) in [6.45, 7) is 6.71. The molecule has 0 saturated carbocycles. The smallest absolute Gasteiger partial charge is 0.251 e. The molecule has 0 aliphatic rings. The largest absolute Gasteiger partial charge is 0.490 e. The summed E-state index contributed by atoms with van der Waals surface area (Å²) in [6.07, 6.45) is 0. The van der Waals surface area contributed by atoms with E-state index in [1.54, 1.807) is 18.2 Å². The summed E-state index contributed by atoms with van der Waals surface area (Å²) in [6, 6.07) is 14.9. The Morgan fingerprint density at radius 2 is 1.71 bits per heavy atom. The van der Waals surface area contributed by atoms with Crippen LogP contribution in [0.25, 0.3) is 0 Å². The molecular formula is C19H22BrNO3. The SMILES string of the molecule is CC(C)(C)NC(=O)c1ccc(OCCOc2ccccc2)c(Br)c1. The monoisotopic (exact) mass is 391 g/mol. The zero-order valence-electron chi connectivity index (χ0n) is 14.1. The molecular weight excluding hydrogens is 370 g/mol. The second-order valence-corrected chi connectivity index (χ2v) is 7.21. The van der Waals surface area contributed by atoms with Gasteiger partial charge < -0.3 is 14.8 Å². The van der Waals surface area contributed by atoms with Crippen LogP contribution in [0.3, 0.4) is 0 Å². The Balaban J connectivity index is 1.87. The predicted molar refractivity (Wildman–Crippen MR) is 98.8 cm³/mol. The third kappa shape index (κ3) is 5.89. The van der Waals surface area contributed by atoms with E-state index in [-0.39, 0.29) is 11.4 Å². The highest BCUT2D eigenvalue weighted by Gasteiger charge is 2.16. The standard InChI is InChI=1S/C19H22BrNO3/c1-19(2,3)21-18(22)14-9-10-17(16(20)13-14)24-12-11-23-15-7-5-4-6-8-15/h4-10,13H,11-12H2,1-3H3,(H,21,22). The average Bonchev–Trinajstić information content (AvgIpc) is 2.52. The molecule has 0 aromatic heterocycles. The van der Waals surface area contributed by atoms with Crippen LogP contribution in [0.1, 0.15) is 31.1 Å². The first-order valence-corrected chi connectivity index (χ1v) is 8.57. The zero-order chi connectivity index (χ0) is 17.6. The topological polar surface area (TPSA) is 47.6 Å². The lowest BCUT2D eigenvalue weighted by Gasteiger charge is -2.20. The molecule has 0 radical (unpaired) electrons. The van der Waals surface area contributed by atoms with E-state index < -0.39 is 0 Å². The van der Waals surface area contributed by atoms with Crippen molar-refractivity contribution >= 4 is 21.8 Å². The van der Waals surface area contributed by atoms with Gasteiger partial charge in [-0.1, -0.05) is 18.2 Å². The van der Waals surface area contributed by atoms with E-state index in [9.17, 15) is 4.79 Å². The molecule has 0 unspecified atom stereocenters. The number of amides is 1. The van der Waals surface area contributed by atoms with Gasteiger partial charge in [0, 0.05) is 11.1 Å². The van der Waals surface area contributed by atoms with Crippen molar-refractivity contribution in [3.63, 3.8) is 0 Å². The Morgan fingerprint density at radius 1 is 1.04 bits per heavy atom. The van der Waals surface area contributed by atoms with Gasteiger partial charge in [0.25, 0.3) is 5.91 Å². The Bertz CT molecular complexity index is 681. The molecule has 1 N–H and O–H groups in total. The first-order valence-electron chi connectivity index (χ1n) is 7.78. The summed E-state index contributed by atoms with van der Waals surface area (Å²) < 4.78 is 12.0. The number of nitrogens with one attached hydrogen (secondary N) is 1.